The Bertz CT molecular complexity index is 366. The van der Waals surface area contributed by atoms with Gasteiger partial charge in [0.1, 0.15) is 0 Å². The van der Waals surface area contributed by atoms with Crippen molar-refractivity contribution in [2.75, 3.05) is 13.1 Å². The van der Waals surface area contributed by atoms with Gasteiger partial charge in [-0.05, 0) is 50.6 Å². The smallest absolute Gasteiger partial charge is 0.335 e. The minimum absolute atomic E-state index is 0.359. The number of benzene rings is 1. The van der Waals surface area contributed by atoms with E-state index in [9.17, 15) is 4.79 Å². The lowest BCUT2D eigenvalue weighted by Crippen LogP contribution is -2.23. The van der Waals surface area contributed by atoms with E-state index < -0.39 is 5.97 Å². The third-order valence-corrected chi connectivity index (χ3v) is 3.33. The van der Waals surface area contributed by atoms with E-state index in [1.807, 2.05) is 12.1 Å². The van der Waals surface area contributed by atoms with Gasteiger partial charge in [0.15, 0.2) is 0 Å². The summed E-state index contributed by atoms with van der Waals surface area (Å²) in [7, 11) is 0. The fraction of sp³-hybridized carbons (Fsp3) is 0.462. The van der Waals surface area contributed by atoms with Crippen molar-refractivity contribution in [3.63, 3.8) is 0 Å². The van der Waals surface area contributed by atoms with Gasteiger partial charge >= 0.3 is 5.97 Å². The maximum absolute atomic E-state index is 10.7. The highest BCUT2D eigenvalue weighted by atomic mass is 16.4. The minimum atomic E-state index is -0.861. The average Bonchev–Trinajstić information content (AvgIpc) is 2.81. The van der Waals surface area contributed by atoms with Gasteiger partial charge in [-0.3, -0.25) is 4.90 Å². The van der Waals surface area contributed by atoms with Crippen LogP contribution in [-0.4, -0.2) is 29.1 Å². The Hall–Kier alpha value is -1.35. The molecule has 1 saturated heterocycles. The van der Waals surface area contributed by atoms with Gasteiger partial charge < -0.3 is 5.11 Å². The van der Waals surface area contributed by atoms with Crippen LogP contribution in [0.2, 0.25) is 0 Å². The van der Waals surface area contributed by atoms with Gasteiger partial charge in [0.25, 0.3) is 0 Å². The molecule has 0 aliphatic carbocycles. The molecule has 1 heterocycles. The molecule has 86 valence electrons. The highest BCUT2D eigenvalue weighted by molar-refractivity contribution is 5.87. The maximum atomic E-state index is 10.7. The summed E-state index contributed by atoms with van der Waals surface area (Å²) >= 11 is 0. The van der Waals surface area contributed by atoms with Crippen LogP contribution in [0.4, 0.5) is 0 Å². The first kappa shape index (κ1) is 11.1. The summed E-state index contributed by atoms with van der Waals surface area (Å²) in [6.07, 6.45) is 2.55. The fourth-order valence-electron chi connectivity index (χ4n) is 2.24. The molecule has 0 saturated carbocycles. The number of carbonyl (C=O) groups is 1. The van der Waals surface area contributed by atoms with Crippen LogP contribution in [0.5, 0.6) is 0 Å². The predicted molar refractivity (Wildman–Crippen MR) is 62.6 cm³/mol. The summed E-state index contributed by atoms with van der Waals surface area (Å²) in [5.74, 6) is -0.861. The Morgan fingerprint density at radius 1 is 1.25 bits per heavy atom. The highest BCUT2D eigenvalue weighted by Crippen LogP contribution is 2.24. The first-order valence-electron chi connectivity index (χ1n) is 5.76. The van der Waals surface area contributed by atoms with E-state index in [1.165, 1.54) is 18.4 Å². The van der Waals surface area contributed by atoms with Crippen molar-refractivity contribution in [2.24, 2.45) is 0 Å². The summed E-state index contributed by atoms with van der Waals surface area (Å²) < 4.78 is 0. The molecule has 1 aromatic rings. The number of aromatic carboxylic acids is 1. The van der Waals surface area contributed by atoms with Crippen LogP contribution >= 0.6 is 0 Å². The number of rotatable bonds is 3. The van der Waals surface area contributed by atoms with Crippen LogP contribution in [-0.2, 0) is 0 Å². The largest absolute Gasteiger partial charge is 0.478 e. The van der Waals surface area contributed by atoms with E-state index in [4.69, 9.17) is 5.11 Å². The van der Waals surface area contributed by atoms with E-state index >= 15 is 0 Å². The average molecular weight is 219 g/mol. The lowest BCUT2D eigenvalue weighted by molar-refractivity contribution is 0.0697. The minimum Gasteiger partial charge on any atom is -0.478 e. The molecule has 3 heteroatoms. The second kappa shape index (κ2) is 4.66. The number of carboxylic acids is 1. The molecule has 0 aromatic heterocycles. The highest BCUT2D eigenvalue weighted by Gasteiger charge is 2.19. The van der Waals surface area contributed by atoms with Crippen molar-refractivity contribution >= 4 is 5.97 Å². The third-order valence-electron chi connectivity index (χ3n) is 3.33. The Balaban J connectivity index is 2.11. The van der Waals surface area contributed by atoms with Crippen LogP contribution in [0.25, 0.3) is 0 Å². The Morgan fingerprint density at radius 2 is 1.81 bits per heavy atom. The molecule has 1 fully saturated rings. The number of likely N-dealkylation sites (tertiary alicyclic amines) is 1. The van der Waals surface area contributed by atoms with Crippen LogP contribution in [0.1, 0.15) is 41.7 Å². The standard InChI is InChI=1S/C13H17NO2/c1-10(14-8-2-3-9-14)11-4-6-12(7-5-11)13(15)16/h4-7,10H,2-3,8-9H2,1H3,(H,15,16). The molecule has 1 aliphatic rings. The van der Waals surface area contributed by atoms with Crippen LogP contribution in [0.15, 0.2) is 24.3 Å². The molecule has 1 N–H and O–H groups in total. The van der Waals surface area contributed by atoms with Gasteiger partial charge in [0, 0.05) is 6.04 Å². The molecular weight excluding hydrogens is 202 g/mol. The van der Waals surface area contributed by atoms with Crippen molar-refractivity contribution < 1.29 is 9.90 Å². The van der Waals surface area contributed by atoms with Crippen molar-refractivity contribution in [1.29, 1.82) is 0 Å². The Kier molecular flexibility index (Phi) is 3.25. The van der Waals surface area contributed by atoms with Crippen molar-refractivity contribution in [3.05, 3.63) is 35.4 Å². The third kappa shape index (κ3) is 2.25. The van der Waals surface area contributed by atoms with Crippen LogP contribution in [0, 0.1) is 0 Å². The van der Waals surface area contributed by atoms with Crippen molar-refractivity contribution in [2.45, 2.75) is 25.8 Å². The van der Waals surface area contributed by atoms with Crippen molar-refractivity contribution in [1.82, 2.24) is 4.90 Å². The van der Waals surface area contributed by atoms with Crippen LogP contribution in [0.3, 0.4) is 0 Å². The summed E-state index contributed by atoms with van der Waals surface area (Å²) in [5, 5.41) is 8.82. The molecule has 2 rings (SSSR count). The monoisotopic (exact) mass is 219 g/mol. The molecule has 1 aliphatic heterocycles. The van der Waals surface area contributed by atoms with E-state index in [1.54, 1.807) is 12.1 Å². The van der Waals surface area contributed by atoms with Crippen molar-refractivity contribution in [3.8, 4) is 0 Å². The normalized spacial score (nSPS) is 18.6. The fourth-order valence-corrected chi connectivity index (χ4v) is 2.24. The topological polar surface area (TPSA) is 40.5 Å². The van der Waals surface area contributed by atoms with E-state index in [-0.39, 0.29) is 0 Å². The first-order chi connectivity index (χ1) is 7.68. The molecule has 0 amide bonds. The Morgan fingerprint density at radius 3 is 2.31 bits per heavy atom. The SMILES string of the molecule is CC(c1ccc(C(=O)O)cc1)N1CCCC1. The summed E-state index contributed by atoms with van der Waals surface area (Å²) in [4.78, 5) is 13.2. The lowest BCUT2D eigenvalue weighted by Gasteiger charge is -2.24. The zero-order valence-corrected chi connectivity index (χ0v) is 9.52. The first-order valence-corrected chi connectivity index (χ1v) is 5.76. The molecule has 0 bridgehead atoms. The van der Waals surface area contributed by atoms with E-state index in [0.29, 0.717) is 11.6 Å². The summed E-state index contributed by atoms with van der Waals surface area (Å²) in [6, 6.07) is 7.61. The van der Waals surface area contributed by atoms with E-state index in [2.05, 4.69) is 11.8 Å². The zero-order valence-electron chi connectivity index (χ0n) is 9.52. The summed E-state index contributed by atoms with van der Waals surface area (Å²) in [5.41, 5.74) is 1.56. The van der Waals surface area contributed by atoms with Gasteiger partial charge in [-0.15, -0.1) is 0 Å². The molecule has 16 heavy (non-hydrogen) atoms. The number of hydrogen-bond donors (Lipinski definition) is 1. The predicted octanol–water partition coefficient (Wildman–Crippen LogP) is 2.54. The molecule has 0 spiro atoms. The van der Waals surface area contributed by atoms with Gasteiger partial charge in [0.2, 0.25) is 0 Å². The Labute approximate surface area is 95.7 Å². The second-order valence-electron chi connectivity index (χ2n) is 4.35. The van der Waals surface area contributed by atoms with Crippen LogP contribution < -0.4 is 0 Å². The quantitative estimate of drug-likeness (QED) is 0.849. The number of hydrogen-bond acceptors (Lipinski definition) is 2. The van der Waals surface area contributed by atoms with Gasteiger partial charge in [-0.2, -0.15) is 0 Å². The maximum Gasteiger partial charge on any atom is 0.335 e. The number of nitrogens with zero attached hydrogens (tertiary/aromatic N) is 1. The molecule has 3 nitrogen and oxygen atoms in total. The number of carboxylic acid groups (broad SMARTS) is 1. The zero-order chi connectivity index (χ0) is 11.5. The summed E-state index contributed by atoms with van der Waals surface area (Å²) in [6.45, 7) is 4.49. The second-order valence-corrected chi connectivity index (χ2v) is 4.35. The molecule has 1 aromatic carbocycles. The molecule has 1 atom stereocenters. The van der Waals surface area contributed by atoms with E-state index in [0.717, 1.165) is 13.1 Å². The van der Waals surface area contributed by atoms with Gasteiger partial charge in [-0.1, -0.05) is 12.1 Å². The molecule has 1 unspecified atom stereocenters. The molecular formula is C13H17NO2. The lowest BCUT2D eigenvalue weighted by atomic mass is 10.1. The molecule has 0 radical (unpaired) electrons. The van der Waals surface area contributed by atoms with Gasteiger partial charge in [0.05, 0.1) is 5.56 Å². The van der Waals surface area contributed by atoms with Gasteiger partial charge in [-0.25, -0.2) is 4.79 Å².